The first-order chi connectivity index (χ1) is 13.0. The molecule has 2 saturated heterocycles. The lowest BCUT2D eigenvalue weighted by atomic mass is 9.79. The summed E-state index contributed by atoms with van der Waals surface area (Å²) in [4.78, 5) is 31.5. The van der Waals surface area contributed by atoms with Crippen molar-refractivity contribution in [3.8, 4) is 0 Å². The Morgan fingerprint density at radius 2 is 2.00 bits per heavy atom. The first-order valence-electron chi connectivity index (χ1n) is 9.30. The summed E-state index contributed by atoms with van der Waals surface area (Å²) >= 11 is 1.82. The Kier molecular flexibility index (Phi) is 6.26. The number of amides is 3. The van der Waals surface area contributed by atoms with E-state index in [0.717, 1.165) is 44.2 Å². The maximum Gasteiger partial charge on any atom is 0.322 e. The van der Waals surface area contributed by atoms with E-state index in [2.05, 4.69) is 38.0 Å². The normalized spacial score (nSPS) is 23.9. The van der Waals surface area contributed by atoms with Crippen LogP contribution in [0, 0.1) is 5.92 Å². The van der Waals surface area contributed by atoms with Crippen LogP contribution in [0.3, 0.4) is 0 Å². The van der Waals surface area contributed by atoms with E-state index in [1.54, 1.807) is 7.05 Å². The molecule has 3 N–H and O–H groups in total. The van der Waals surface area contributed by atoms with E-state index in [-0.39, 0.29) is 11.8 Å². The summed E-state index contributed by atoms with van der Waals surface area (Å²) < 4.78 is 0. The summed E-state index contributed by atoms with van der Waals surface area (Å²) in [6.07, 6.45) is 1.67. The van der Waals surface area contributed by atoms with E-state index < -0.39 is 11.6 Å². The highest BCUT2D eigenvalue weighted by atomic mass is 32.2. The first-order valence-corrected chi connectivity index (χ1v) is 10.3. The lowest BCUT2D eigenvalue weighted by Crippen LogP contribution is -2.55. The largest absolute Gasteiger partial charge is 0.355 e. The number of carbonyl (C=O) groups excluding carboxylic acids is 2. The second kappa shape index (κ2) is 8.65. The van der Waals surface area contributed by atoms with Gasteiger partial charge in [0.2, 0.25) is 0 Å². The molecule has 2 aliphatic heterocycles. The van der Waals surface area contributed by atoms with Gasteiger partial charge in [-0.05, 0) is 37.8 Å². The van der Waals surface area contributed by atoms with Crippen molar-refractivity contribution in [1.82, 2.24) is 20.9 Å². The van der Waals surface area contributed by atoms with E-state index in [0.29, 0.717) is 0 Å². The second-order valence-corrected chi connectivity index (χ2v) is 8.18. The fraction of sp³-hybridized carbons (Fsp3) is 0.526. The summed E-state index contributed by atoms with van der Waals surface area (Å²) in [6.45, 7) is 4.29. The monoisotopic (exact) mass is 389 g/mol. The molecule has 3 rings (SSSR count). The Hall–Kier alpha value is -2.22. The third-order valence-electron chi connectivity index (χ3n) is 5.29. The van der Waals surface area contributed by atoms with Gasteiger partial charge in [0.05, 0.1) is 0 Å². The van der Waals surface area contributed by atoms with E-state index in [1.165, 1.54) is 4.90 Å². The van der Waals surface area contributed by atoms with Crippen LogP contribution < -0.4 is 16.0 Å². The highest BCUT2D eigenvalue weighted by molar-refractivity contribution is 7.99. The molecular weight excluding hydrogens is 362 g/mol. The van der Waals surface area contributed by atoms with Gasteiger partial charge in [0, 0.05) is 37.3 Å². The number of hydrogen-bond acceptors (Lipinski definition) is 4. The molecule has 3 amide bonds. The smallest absolute Gasteiger partial charge is 0.322 e. The maximum atomic E-state index is 12.1. The van der Waals surface area contributed by atoms with Gasteiger partial charge in [0.15, 0.2) is 5.96 Å². The van der Waals surface area contributed by atoms with Crippen LogP contribution in [0.25, 0.3) is 0 Å². The number of imide groups is 1. The summed E-state index contributed by atoms with van der Waals surface area (Å²) in [7, 11) is 1.80. The van der Waals surface area contributed by atoms with Gasteiger partial charge in [-0.1, -0.05) is 18.2 Å². The molecule has 146 valence electrons. The molecule has 1 atom stereocenters. The van der Waals surface area contributed by atoms with Crippen molar-refractivity contribution in [2.24, 2.45) is 10.9 Å². The van der Waals surface area contributed by atoms with Gasteiger partial charge in [0.1, 0.15) is 5.54 Å². The van der Waals surface area contributed by atoms with Crippen LogP contribution in [0.15, 0.2) is 40.2 Å². The molecule has 8 heteroatoms. The van der Waals surface area contributed by atoms with Gasteiger partial charge < -0.3 is 15.5 Å². The van der Waals surface area contributed by atoms with Gasteiger partial charge >= 0.3 is 6.03 Å². The third kappa shape index (κ3) is 4.55. The summed E-state index contributed by atoms with van der Waals surface area (Å²) in [6, 6.07) is 9.96. The average Bonchev–Trinajstić information content (AvgIpc) is 2.95. The van der Waals surface area contributed by atoms with E-state index in [1.807, 2.05) is 36.9 Å². The van der Waals surface area contributed by atoms with Crippen LogP contribution >= 0.6 is 11.8 Å². The molecule has 1 unspecified atom stereocenters. The fourth-order valence-corrected chi connectivity index (χ4v) is 4.48. The van der Waals surface area contributed by atoms with Gasteiger partial charge in [-0.25, -0.2) is 4.79 Å². The fourth-order valence-electron chi connectivity index (χ4n) is 3.69. The summed E-state index contributed by atoms with van der Waals surface area (Å²) in [5.41, 5.74) is -0.799. The molecule has 1 aromatic rings. The number of thioether (sulfide) groups is 1. The van der Waals surface area contributed by atoms with Crippen molar-refractivity contribution in [2.75, 3.05) is 32.4 Å². The zero-order valence-corrected chi connectivity index (χ0v) is 16.6. The Labute approximate surface area is 164 Å². The van der Waals surface area contributed by atoms with Crippen LogP contribution in [0.2, 0.25) is 0 Å². The number of likely N-dealkylation sites (tertiary alicyclic amines) is 1. The number of urea groups is 1. The van der Waals surface area contributed by atoms with Gasteiger partial charge in [0.25, 0.3) is 5.91 Å². The van der Waals surface area contributed by atoms with Crippen LogP contribution in [-0.4, -0.2) is 60.8 Å². The topological polar surface area (TPSA) is 85.8 Å². The zero-order chi connectivity index (χ0) is 19.3. The van der Waals surface area contributed by atoms with Crippen molar-refractivity contribution in [2.45, 2.75) is 30.2 Å². The average molecular weight is 390 g/mol. The predicted octanol–water partition coefficient (Wildman–Crippen LogP) is 1.66. The number of nitrogens with zero attached hydrogens (tertiary/aromatic N) is 2. The molecular formula is C19H27N5O2S. The van der Waals surface area contributed by atoms with Gasteiger partial charge in [-0.2, -0.15) is 0 Å². The maximum absolute atomic E-state index is 12.1. The molecule has 27 heavy (non-hydrogen) atoms. The summed E-state index contributed by atoms with van der Waals surface area (Å²) in [5, 5.41) is 8.58. The molecule has 0 aliphatic carbocycles. The highest BCUT2D eigenvalue weighted by Crippen LogP contribution is 2.30. The second-order valence-electron chi connectivity index (χ2n) is 7.01. The molecule has 2 aliphatic rings. The lowest BCUT2D eigenvalue weighted by Gasteiger charge is -2.39. The number of rotatable bonds is 5. The van der Waals surface area contributed by atoms with E-state index >= 15 is 0 Å². The molecule has 7 nitrogen and oxygen atoms in total. The Bertz CT molecular complexity index is 703. The van der Waals surface area contributed by atoms with Crippen LogP contribution in [0.1, 0.15) is 19.8 Å². The highest BCUT2D eigenvalue weighted by Gasteiger charge is 2.48. The molecule has 2 heterocycles. The predicted molar refractivity (Wildman–Crippen MR) is 108 cm³/mol. The molecule has 0 spiro atoms. The molecule has 2 fully saturated rings. The van der Waals surface area contributed by atoms with Gasteiger partial charge in [-0.3, -0.25) is 15.1 Å². The van der Waals surface area contributed by atoms with Crippen LogP contribution in [0.4, 0.5) is 4.79 Å². The van der Waals surface area contributed by atoms with Gasteiger partial charge in [-0.15, -0.1) is 11.8 Å². The Balaban J connectivity index is 1.45. The van der Waals surface area contributed by atoms with Crippen molar-refractivity contribution in [3.63, 3.8) is 0 Å². The van der Waals surface area contributed by atoms with Crippen LogP contribution in [-0.2, 0) is 4.79 Å². The minimum atomic E-state index is -0.799. The van der Waals surface area contributed by atoms with Crippen LogP contribution in [0.5, 0.6) is 0 Å². The number of benzene rings is 1. The molecule has 0 bridgehead atoms. The van der Waals surface area contributed by atoms with Crippen molar-refractivity contribution in [1.29, 1.82) is 0 Å². The minimum absolute atomic E-state index is 0.131. The third-order valence-corrected chi connectivity index (χ3v) is 6.31. The number of aliphatic imine (C=N–C) groups is 1. The Morgan fingerprint density at radius 1 is 1.30 bits per heavy atom. The SMILES string of the molecule is CN=C(NCCSc1ccccc1)N1CCC(C2(C)NC(=O)NC2=O)CC1. The number of piperidine rings is 1. The number of carbonyl (C=O) groups is 2. The van der Waals surface area contributed by atoms with Crippen molar-refractivity contribution >= 4 is 29.7 Å². The molecule has 0 saturated carbocycles. The van der Waals surface area contributed by atoms with Crippen molar-refractivity contribution in [3.05, 3.63) is 30.3 Å². The molecule has 1 aromatic carbocycles. The Morgan fingerprint density at radius 3 is 2.59 bits per heavy atom. The number of hydrogen-bond donors (Lipinski definition) is 3. The molecule has 0 aromatic heterocycles. The molecule has 0 radical (unpaired) electrons. The quantitative estimate of drug-likeness (QED) is 0.234. The van der Waals surface area contributed by atoms with E-state index in [9.17, 15) is 9.59 Å². The van der Waals surface area contributed by atoms with Crippen molar-refractivity contribution < 1.29 is 9.59 Å². The van der Waals surface area contributed by atoms with E-state index in [4.69, 9.17) is 0 Å². The number of guanidine groups is 1. The number of nitrogens with one attached hydrogen (secondary N) is 3. The first kappa shape index (κ1) is 19.5. The minimum Gasteiger partial charge on any atom is -0.355 e. The zero-order valence-electron chi connectivity index (χ0n) is 15.8. The standard InChI is InChI=1S/C19H27N5O2S/c1-19(16(25)22-18(26)23-19)14-8-11-24(12-9-14)17(20-2)21-10-13-27-15-6-4-3-5-7-15/h3-7,14H,8-13H2,1-2H3,(H,20,21)(H2,22,23,25,26). The summed E-state index contributed by atoms with van der Waals surface area (Å²) in [5.74, 6) is 1.77. The lowest BCUT2D eigenvalue weighted by molar-refractivity contribution is -0.125.